The molecule has 0 bridgehead atoms. The number of alkyl halides is 2. The summed E-state index contributed by atoms with van der Waals surface area (Å²) in [4.78, 5) is 0. The van der Waals surface area contributed by atoms with Gasteiger partial charge in [-0.05, 0) is 17.7 Å². The first-order valence-electron chi connectivity index (χ1n) is 6.42. The Hall–Kier alpha value is -1.37. The highest BCUT2D eigenvalue weighted by atomic mass is 35.5. The van der Waals surface area contributed by atoms with Crippen LogP contribution in [-0.2, 0) is 6.54 Å². The van der Waals surface area contributed by atoms with Crippen LogP contribution >= 0.6 is 24.0 Å². The van der Waals surface area contributed by atoms with Gasteiger partial charge < -0.3 is 10.5 Å². The molecule has 2 aromatic rings. The van der Waals surface area contributed by atoms with Crippen LogP contribution in [0.25, 0.3) is 11.1 Å². The Bertz CT molecular complexity index is 614. The van der Waals surface area contributed by atoms with E-state index in [1.54, 1.807) is 29.1 Å². The third-order valence-electron chi connectivity index (χ3n) is 2.74. The summed E-state index contributed by atoms with van der Waals surface area (Å²) in [5.74, 6) is -2.69. The van der Waals surface area contributed by atoms with Crippen LogP contribution < -0.4 is 10.5 Å². The van der Waals surface area contributed by atoms with E-state index in [0.29, 0.717) is 13.1 Å². The highest BCUT2D eigenvalue weighted by Gasteiger charge is 2.22. The fourth-order valence-electron chi connectivity index (χ4n) is 1.77. The van der Waals surface area contributed by atoms with Crippen molar-refractivity contribution in [2.75, 3.05) is 13.2 Å². The number of halogens is 4. The van der Waals surface area contributed by atoms with E-state index in [0.717, 1.165) is 18.1 Å². The van der Waals surface area contributed by atoms with E-state index in [-0.39, 0.29) is 23.2 Å². The first-order chi connectivity index (χ1) is 9.89. The number of ether oxygens (including phenoxy) is 1. The lowest BCUT2D eigenvalue weighted by Gasteiger charge is -2.13. The summed E-state index contributed by atoms with van der Waals surface area (Å²) in [5, 5.41) is 4.45. The Labute approximate surface area is 138 Å². The average molecular weight is 352 g/mol. The highest BCUT2D eigenvalue weighted by Crippen LogP contribution is 2.31. The zero-order chi connectivity index (χ0) is 15.5. The molecule has 0 saturated carbocycles. The maximum atomic E-state index is 12.9. The van der Waals surface area contributed by atoms with Gasteiger partial charge in [0, 0.05) is 25.2 Å². The predicted molar refractivity (Wildman–Crippen MR) is 85.1 cm³/mol. The topological polar surface area (TPSA) is 53.1 Å². The Morgan fingerprint density at radius 1 is 1.36 bits per heavy atom. The van der Waals surface area contributed by atoms with Crippen molar-refractivity contribution < 1.29 is 13.5 Å². The van der Waals surface area contributed by atoms with Crippen LogP contribution in [0.5, 0.6) is 5.75 Å². The predicted octanol–water partition coefficient (Wildman–Crippen LogP) is 3.62. The molecule has 0 saturated heterocycles. The third kappa shape index (κ3) is 5.12. The molecule has 4 nitrogen and oxygen atoms in total. The summed E-state index contributed by atoms with van der Waals surface area (Å²) in [6, 6.07) is 5.02. The molecule has 2 N–H and O–H groups in total. The zero-order valence-electron chi connectivity index (χ0n) is 11.9. The molecule has 2 rings (SSSR count). The lowest BCUT2D eigenvalue weighted by Crippen LogP contribution is -2.21. The standard InChI is InChI=1S/C14H16ClF2N3O.ClH/c1-14(16,17)9-21-13-6-10(2-3-12(13)15)11-7-19-20(8-11)5-4-18;/h2-3,6-8H,4-5,9,18H2,1H3;1H. The molecule has 1 aromatic carbocycles. The summed E-state index contributed by atoms with van der Waals surface area (Å²) >= 11 is 5.96. The number of benzene rings is 1. The van der Waals surface area contributed by atoms with Crippen molar-refractivity contribution in [3.63, 3.8) is 0 Å². The lowest BCUT2D eigenvalue weighted by molar-refractivity contribution is -0.0229. The molecule has 0 radical (unpaired) electrons. The van der Waals surface area contributed by atoms with Crippen LogP contribution in [0, 0.1) is 0 Å². The van der Waals surface area contributed by atoms with Crippen LogP contribution in [0.2, 0.25) is 5.02 Å². The molecule has 0 aliphatic heterocycles. The van der Waals surface area contributed by atoms with E-state index in [4.69, 9.17) is 22.1 Å². The van der Waals surface area contributed by atoms with Gasteiger partial charge in [-0.25, -0.2) is 8.78 Å². The molecule has 22 heavy (non-hydrogen) atoms. The van der Waals surface area contributed by atoms with E-state index in [1.807, 2.05) is 6.20 Å². The van der Waals surface area contributed by atoms with E-state index in [1.165, 1.54) is 0 Å². The Balaban J connectivity index is 0.00000242. The van der Waals surface area contributed by atoms with E-state index in [9.17, 15) is 8.78 Å². The largest absolute Gasteiger partial charge is 0.486 e. The van der Waals surface area contributed by atoms with Gasteiger partial charge >= 0.3 is 0 Å². The number of hydrogen-bond acceptors (Lipinski definition) is 3. The van der Waals surface area contributed by atoms with Gasteiger partial charge in [-0.2, -0.15) is 5.10 Å². The molecule has 1 heterocycles. The van der Waals surface area contributed by atoms with Crippen LogP contribution in [-0.4, -0.2) is 28.9 Å². The number of nitrogens with two attached hydrogens (primary N) is 1. The summed E-state index contributed by atoms with van der Waals surface area (Å²) in [6.07, 6.45) is 3.51. The zero-order valence-corrected chi connectivity index (χ0v) is 13.5. The molecule has 0 atom stereocenters. The van der Waals surface area contributed by atoms with Crippen molar-refractivity contribution in [1.82, 2.24) is 9.78 Å². The van der Waals surface area contributed by atoms with Gasteiger partial charge in [-0.3, -0.25) is 4.68 Å². The monoisotopic (exact) mass is 351 g/mol. The van der Waals surface area contributed by atoms with E-state index < -0.39 is 12.5 Å². The first kappa shape index (κ1) is 18.7. The molecule has 0 aliphatic rings. The highest BCUT2D eigenvalue weighted by molar-refractivity contribution is 6.32. The minimum absolute atomic E-state index is 0. The fraction of sp³-hybridized carbons (Fsp3) is 0.357. The maximum Gasteiger partial charge on any atom is 0.278 e. The number of hydrogen-bond donors (Lipinski definition) is 1. The van der Waals surface area contributed by atoms with Crippen molar-refractivity contribution in [1.29, 1.82) is 0 Å². The van der Waals surface area contributed by atoms with Gasteiger partial charge in [-0.15, -0.1) is 12.4 Å². The van der Waals surface area contributed by atoms with Crippen molar-refractivity contribution in [3.05, 3.63) is 35.6 Å². The van der Waals surface area contributed by atoms with Crippen LogP contribution in [0.3, 0.4) is 0 Å². The first-order valence-corrected chi connectivity index (χ1v) is 6.80. The molecule has 0 spiro atoms. The van der Waals surface area contributed by atoms with Gasteiger partial charge in [0.05, 0.1) is 17.8 Å². The van der Waals surface area contributed by atoms with Gasteiger partial charge in [0.15, 0.2) is 6.61 Å². The molecular formula is C14H17Cl2F2N3O. The van der Waals surface area contributed by atoms with Crippen molar-refractivity contribution in [2.45, 2.75) is 19.4 Å². The van der Waals surface area contributed by atoms with Gasteiger partial charge in [0.2, 0.25) is 0 Å². The van der Waals surface area contributed by atoms with Gasteiger partial charge in [-0.1, -0.05) is 17.7 Å². The third-order valence-corrected chi connectivity index (χ3v) is 3.05. The summed E-state index contributed by atoms with van der Waals surface area (Å²) in [6.45, 7) is 1.17. The Morgan fingerprint density at radius 2 is 2.09 bits per heavy atom. The van der Waals surface area contributed by atoms with Gasteiger partial charge in [0.25, 0.3) is 5.92 Å². The van der Waals surface area contributed by atoms with Crippen molar-refractivity contribution in [2.24, 2.45) is 5.73 Å². The second-order valence-electron chi connectivity index (χ2n) is 4.78. The normalized spacial score (nSPS) is 11.1. The van der Waals surface area contributed by atoms with Crippen LogP contribution in [0.4, 0.5) is 8.78 Å². The van der Waals surface area contributed by atoms with E-state index >= 15 is 0 Å². The van der Waals surface area contributed by atoms with Crippen molar-refractivity contribution >= 4 is 24.0 Å². The molecule has 0 amide bonds. The number of aromatic nitrogens is 2. The van der Waals surface area contributed by atoms with Crippen LogP contribution in [0.15, 0.2) is 30.6 Å². The quantitative estimate of drug-likeness (QED) is 0.864. The molecular weight excluding hydrogens is 335 g/mol. The second-order valence-corrected chi connectivity index (χ2v) is 5.19. The molecule has 0 unspecified atom stereocenters. The van der Waals surface area contributed by atoms with Crippen LogP contribution in [0.1, 0.15) is 6.92 Å². The van der Waals surface area contributed by atoms with Gasteiger partial charge in [0.1, 0.15) is 5.75 Å². The SMILES string of the molecule is CC(F)(F)COc1cc(-c2cnn(CCN)c2)ccc1Cl.Cl. The van der Waals surface area contributed by atoms with Crippen molar-refractivity contribution in [3.8, 4) is 16.9 Å². The van der Waals surface area contributed by atoms with E-state index in [2.05, 4.69) is 5.10 Å². The minimum Gasteiger partial charge on any atom is -0.486 e. The maximum absolute atomic E-state index is 12.9. The Morgan fingerprint density at radius 3 is 2.73 bits per heavy atom. The molecule has 0 fully saturated rings. The molecule has 0 aliphatic carbocycles. The smallest absolute Gasteiger partial charge is 0.278 e. The summed E-state index contributed by atoms with van der Waals surface area (Å²) in [7, 11) is 0. The molecule has 122 valence electrons. The summed E-state index contributed by atoms with van der Waals surface area (Å²) in [5.41, 5.74) is 7.09. The number of rotatable bonds is 6. The Kier molecular flexibility index (Phi) is 6.59. The minimum atomic E-state index is -2.91. The average Bonchev–Trinajstić information content (AvgIpc) is 2.86. The molecule has 1 aromatic heterocycles. The lowest BCUT2D eigenvalue weighted by atomic mass is 10.1. The fourth-order valence-corrected chi connectivity index (χ4v) is 1.94. The number of nitrogens with zero attached hydrogens (tertiary/aromatic N) is 2. The summed E-state index contributed by atoms with van der Waals surface area (Å²) < 4.78 is 32.5. The second kappa shape index (κ2) is 7.76. The molecule has 8 heteroatoms.